The minimum absolute atomic E-state index is 0.0925. The van der Waals surface area contributed by atoms with Crippen LogP contribution in [0.25, 0.3) is 0 Å². The zero-order valence-electron chi connectivity index (χ0n) is 8.60. The average Bonchev–Trinajstić information content (AvgIpc) is 2.79. The predicted molar refractivity (Wildman–Crippen MR) is 59.2 cm³/mol. The Kier molecular flexibility index (Phi) is 3.58. The first-order valence-electron chi connectivity index (χ1n) is 4.84. The molecule has 1 aromatic rings. The number of benzene rings is 1. The first-order valence-corrected chi connectivity index (χ1v) is 6.00. The highest BCUT2D eigenvalue weighted by molar-refractivity contribution is 7.99. The van der Waals surface area contributed by atoms with E-state index in [0.29, 0.717) is 11.6 Å². The lowest BCUT2D eigenvalue weighted by Crippen LogP contribution is -2.37. The number of amides is 1. The van der Waals surface area contributed by atoms with Gasteiger partial charge in [-0.25, -0.2) is 13.2 Å². The van der Waals surface area contributed by atoms with Crippen LogP contribution in [0.5, 0.6) is 0 Å². The maximum absolute atomic E-state index is 12.9. The molecule has 1 atom stereocenters. The van der Waals surface area contributed by atoms with Crippen molar-refractivity contribution >= 4 is 23.4 Å². The molecular weight excluding hydrogens is 253 g/mol. The average molecular weight is 262 g/mol. The summed E-state index contributed by atoms with van der Waals surface area (Å²) in [6, 6.07) is 1.10. The maximum Gasteiger partial charge on any atom is 0.242 e. The molecule has 1 saturated heterocycles. The molecular formula is C10H9F3N2OS. The van der Waals surface area contributed by atoms with Crippen molar-refractivity contribution in [2.75, 3.05) is 16.9 Å². The quantitative estimate of drug-likeness (QED) is 0.797. The zero-order valence-corrected chi connectivity index (χ0v) is 9.41. The van der Waals surface area contributed by atoms with Gasteiger partial charge in [0.1, 0.15) is 0 Å². The number of thioether (sulfide) groups is 1. The van der Waals surface area contributed by atoms with Gasteiger partial charge in [0.15, 0.2) is 17.5 Å². The summed E-state index contributed by atoms with van der Waals surface area (Å²) in [5, 5.41) is 5.24. The summed E-state index contributed by atoms with van der Waals surface area (Å²) in [6.07, 6.45) is 0. The number of nitrogens with one attached hydrogen (secondary N) is 2. The van der Waals surface area contributed by atoms with E-state index in [2.05, 4.69) is 10.6 Å². The molecule has 1 aliphatic rings. The van der Waals surface area contributed by atoms with Crippen LogP contribution in [-0.2, 0) is 4.79 Å². The van der Waals surface area contributed by atoms with Crippen LogP contribution >= 0.6 is 11.8 Å². The molecule has 0 spiro atoms. The molecule has 1 unspecified atom stereocenters. The third-order valence-corrected chi connectivity index (χ3v) is 3.22. The molecule has 1 aromatic carbocycles. The van der Waals surface area contributed by atoms with Gasteiger partial charge < -0.3 is 5.32 Å². The molecule has 7 heteroatoms. The van der Waals surface area contributed by atoms with Crippen molar-refractivity contribution in [3.05, 3.63) is 29.6 Å². The van der Waals surface area contributed by atoms with Crippen LogP contribution in [0, 0.1) is 17.5 Å². The largest absolute Gasteiger partial charge is 0.324 e. The summed E-state index contributed by atoms with van der Waals surface area (Å²) in [6.45, 7) is 0. The van der Waals surface area contributed by atoms with E-state index in [1.54, 1.807) is 11.8 Å². The smallest absolute Gasteiger partial charge is 0.242 e. The SMILES string of the molecule is O=C(Nc1cc(F)c(F)c(F)c1)C1CSCN1. The lowest BCUT2D eigenvalue weighted by molar-refractivity contribution is -0.117. The lowest BCUT2D eigenvalue weighted by Gasteiger charge is -2.10. The van der Waals surface area contributed by atoms with Crippen LogP contribution in [0.3, 0.4) is 0 Å². The standard InChI is InChI=1S/C10H9F3N2OS/c11-6-1-5(2-7(12)9(6)13)15-10(16)8-3-17-4-14-8/h1-2,8,14H,3-4H2,(H,15,16). The second-order valence-electron chi connectivity index (χ2n) is 3.51. The molecule has 2 rings (SSSR count). The summed E-state index contributed by atoms with van der Waals surface area (Å²) in [5.41, 5.74) is -0.0925. The van der Waals surface area contributed by atoms with Gasteiger partial charge >= 0.3 is 0 Å². The lowest BCUT2D eigenvalue weighted by atomic mass is 10.2. The van der Waals surface area contributed by atoms with E-state index in [1.807, 2.05) is 0 Å². The van der Waals surface area contributed by atoms with Gasteiger partial charge in [0, 0.05) is 29.4 Å². The molecule has 1 fully saturated rings. The zero-order chi connectivity index (χ0) is 12.4. The van der Waals surface area contributed by atoms with Crippen molar-refractivity contribution in [2.45, 2.75) is 6.04 Å². The van der Waals surface area contributed by atoms with Crippen molar-refractivity contribution in [3.63, 3.8) is 0 Å². The maximum atomic E-state index is 12.9. The van der Waals surface area contributed by atoms with E-state index in [9.17, 15) is 18.0 Å². The Hall–Kier alpha value is -1.21. The summed E-state index contributed by atoms with van der Waals surface area (Å²) >= 11 is 1.55. The van der Waals surface area contributed by atoms with E-state index in [4.69, 9.17) is 0 Å². The van der Waals surface area contributed by atoms with Gasteiger partial charge in [0.05, 0.1) is 6.04 Å². The number of carbonyl (C=O) groups excluding carboxylic acids is 1. The second-order valence-corrected chi connectivity index (χ2v) is 4.55. The number of hydrogen-bond acceptors (Lipinski definition) is 3. The van der Waals surface area contributed by atoms with Gasteiger partial charge in [-0.2, -0.15) is 0 Å². The molecule has 3 nitrogen and oxygen atoms in total. The first-order chi connectivity index (χ1) is 8.08. The molecule has 92 valence electrons. The summed E-state index contributed by atoms with van der Waals surface area (Å²) in [5.74, 6) is -3.33. The monoisotopic (exact) mass is 262 g/mol. The fourth-order valence-electron chi connectivity index (χ4n) is 1.42. The minimum atomic E-state index is -1.54. The molecule has 1 aliphatic heterocycles. The Morgan fingerprint density at radius 1 is 1.35 bits per heavy atom. The third-order valence-electron chi connectivity index (χ3n) is 2.28. The Morgan fingerprint density at radius 2 is 2.00 bits per heavy atom. The predicted octanol–water partition coefficient (Wildman–Crippen LogP) is 1.70. The summed E-state index contributed by atoms with van der Waals surface area (Å²) < 4.78 is 38.4. The first kappa shape index (κ1) is 12.3. The van der Waals surface area contributed by atoms with Crippen LogP contribution < -0.4 is 10.6 Å². The van der Waals surface area contributed by atoms with Crippen molar-refractivity contribution in [3.8, 4) is 0 Å². The molecule has 0 aliphatic carbocycles. The fraction of sp³-hybridized carbons (Fsp3) is 0.300. The third kappa shape index (κ3) is 2.73. The number of halogens is 3. The van der Waals surface area contributed by atoms with Crippen LogP contribution in [0.1, 0.15) is 0 Å². The van der Waals surface area contributed by atoms with Crippen molar-refractivity contribution in [1.82, 2.24) is 5.32 Å². The second kappa shape index (κ2) is 4.97. The molecule has 0 aromatic heterocycles. The number of hydrogen-bond donors (Lipinski definition) is 2. The van der Waals surface area contributed by atoms with Gasteiger partial charge in [-0.05, 0) is 0 Å². The highest BCUT2D eigenvalue weighted by atomic mass is 32.2. The van der Waals surface area contributed by atoms with E-state index in [-0.39, 0.29) is 11.6 Å². The van der Waals surface area contributed by atoms with E-state index >= 15 is 0 Å². The van der Waals surface area contributed by atoms with Crippen LogP contribution in [-0.4, -0.2) is 23.6 Å². The van der Waals surface area contributed by atoms with Crippen LogP contribution in [0.2, 0.25) is 0 Å². The van der Waals surface area contributed by atoms with Crippen molar-refractivity contribution < 1.29 is 18.0 Å². The fourth-order valence-corrected chi connectivity index (χ4v) is 2.36. The van der Waals surface area contributed by atoms with Gasteiger partial charge in [-0.1, -0.05) is 0 Å². The molecule has 0 radical (unpaired) electrons. The van der Waals surface area contributed by atoms with Crippen LogP contribution in [0.4, 0.5) is 18.9 Å². The molecule has 0 saturated carbocycles. The minimum Gasteiger partial charge on any atom is -0.324 e. The van der Waals surface area contributed by atoms with E-state index in [0.717, 1.165) is 12.1 Å². The highest BCUT2D eigenvalue weighted by Crippen LogP contribution is 2.18. The molecule has 2 N–H and O–H groups in total. The van der Waals surface area contributed by atoms with Gasteiger partial charge in [-0.3, -0.25) is 10.1 Å². The Labute approximate surface area is 99.8 Å². The molecule has 0 bridgehead atoms. The normalized spacial score (nSPS) is 19.4. The highest BCUT2D eigenvalue weighted by Gasteiger charge is 2.23. The molecule has 17 heavy (non-hydrogen) atoms. The van der Waals surface area contributed by atoms with E-state index < -0.39 is 23.5 Å². The van der Waals surface area contributed by atoms with E-state index in [1.165, 1.54) is 0 Å². The van der Waals surface area contributed by atoms with Crippen molar-refractivity contribution in [2.24, 2.45) is 0 Å². The Morgan fingerprint density at radius 3 is 2.53 bits per heavy atom. The number of anilines is 1. The van der Waals surface area contributed by atoms with Gasteiger partial charge in [-0.15, -0.1) is 11.8 Å². The molecule has 1 amide bonds. The van der Waals surface area contributed by atoms with Gasteiger partial charge in [0.2, 0.25) is 5.91 Å². The van der Waals surface area contributed by atoms with Crippen molar-refractivity contribution in [1.29, 1.82) is 0 Å². The number of rotatable bonds is 2. The Bertz CT molecular complexity index is 426. The Balaban J connectivity index is 2.10. The van der Waals surface area contributed by atoms with Crippen LogP contribution in [0.15, 0.2) is 12.1 Å². The number of carbonyl (C=O) groups is 1. The topological polar surface area (TPSA) is 41.1 Å². The van der Waals surface area contributed by atoms with Gasteiger partial charge in [0.25, 0.3) is 0 Å². The summed E-state index contributed by atoms with van der Waals surface area (Å²) in [7, 11) is 0. The molecule has 1 heterocycles. The summed E-state index contributed by atoms with van der Waals surface area (Å²) in [4.78, 5) is 11.6.